The van der Waals surface area contributed by atoms with Crippen molar-refractivity contribution in [1.82, 2.24) is 4.31 Å². The van der Waals surface area contributed by atoms with Gasteiger partial charge in [0.2, 0.25) is 0 Å². The molecule has 0 unspecified atom stereocenters. The summed E-state index contributed by atoms with van der Waals surface area (Å²) in [4.78, 5) is 16.4. The SMILES string of the molecule is COC(C)(C)C(Cl)=NOC(=O)N(C)SSC(C)(C)C. The molecule has 0 aromatic carbocycles. The van der Waals surface area contributed by atoms with Gasteiger partial charge in [-0.2, -0.15) is 0 Å². The van der Waals surface area contributed by atoms with E-state index in [1.54, 1.807) is 31.7 Å². The summed E-state index contributed by atoms with van der Waals surface area (Å²) >= 11 is 5.89. The van der Waals surface area contributed by atoms with Gasteiger partial charge >= 0.3 is 6.09 Å². The van der Waals surface area contributed by atoms with Gasteiger partial charge in [0.05, 0.1) is 0 Å². The zero-order valence-electron chi connectivity index (χ0n) is 12.3. The molecule has 0 aliphatic rings. The van der Waals surface area contributed by atoms with E-state index in [0.29, 0.717) is 0 Å². The van der Waals surface area contributed by atoms with Crippen molar-refractivity contribution in [3.05, 3.63) is 0 Å². The fourth-order valence-corrected chi connectivity index (χ4v) is 2.26. The van der Waals surface area contributed by atoms with Gasteiger partial charge in [-0.3, -0.25) is 4.84 Å². The molecule has 0 rings (SSSR count). The summed E-state index contributed by atoms with van der Waals surface area (Å²) in [5, 5.41) is 3.65. The summed E-state index contributed by atoms with van der Waals surface area (Å²) in [6, 6.07) is 0. The third kappa shape index (κ3) is 7.91. The first-order chi connectivity index (χ1) is 8.49. The minimum Gasteiger partial charge on any atom is -0.371 e. The predicted octanol–water partition coefficient (Wildman–Crippen LogP) is 4.13. The Hall–Kier alpha value is -0.110. The van der Waals surface area contributed by atoms with Crippen molar-refractivity contribution in [3.63, 3.8) is 0 Å². The Labute approximate surface area is 127 Å². The lowest BCUT2D eigenvalue weighted by atomic mass is 10.2. The van der Waals surface area contributed by atoms with E-state index in [2.05, 4.69) is 25.9 Å². The van der Waals surface area contributed by atoms with Crippen molar-refractivity contribution in [1.29, 1.82) is 0 Å². The Morgan fingerprint density at radius 1 is 1.26 bits per heavy atom. The number of methoxy groups -OCH3 is 1. The number of amides is 1. The van der Waals surface area contributed by atoms with Crippen LogP contribution < -0.4 is 0 Å². The third-order valence-electron chi connectivity index (χ3n) is 1.87. The van der Waals surface area contributed by atoms with Crippen LogP contribution in [-0.2, 0) is 9.57 Å². The summed E-state index contributed by atoms with van der Waals surface area (Å²) < 4.78 is 6.50. The topological polar surface area (TPSA) is 51.1 Å². The molecule has 112 valence electrons. The molecule has 0 fully saturated rings. The highest BCUT2D eigenvalue weighted by Crippen LogP contribution is 2.36. The van der Waals surface area contributed by atoms with E-state index >= 15 is 0 Å². The molecule has 1 amide bonds. The standard InChI is InChI=1S/C11H21ClN2O3S2/c1-10(2,3)18-19-14(6)9(15)17-13-8(12)11(4,5)16-7/h1-7H3. The molecular weight excluding hydrogens is 308 g/mol. The molecular formula is C11H21ClN2O3S2. The monoisotopic (exact) mass is 328 g/mol. The number of rotatable bonds is 5. The maximum atomic E-state index is 11.6. The number of ether oxygens (including phenoxy) is 1. The number of carbonyl (C=O) groups excluding carboxylic acids is 1. The first-order valence-corrected chi connectivity index (χ1v) is 8.07. The largest absolute Gasteiger partial charge is 0.446 e. The van der Waals surface area contributed by atoms with Gasteiger partial charge in [-0.1, -0.05) is 48.3 Å². The van der Waals surface area contributed by atoms with Crippen LogP contribution in [0.4, 0.5) is 4.79 Å². The molecule has 0 N–H and O–H groups in total. The first-order valence-electron chi connectivity index (χ1n) is 5.59. The van der Waals surface area contributed by atoms with E-state index in [-0.39, 0.29) is 9.92 Å². The first kappa shape index (κ1) is 18.9. The van der Waals surface area contributed by atoms with Crippen LogP contribution >= 0.6 is 33.4 Å². The summed E-state index contributed by atoms with van der Waals surface area (Å²) in [6.07, 6.45) is -0.591. The van der Waals surface area contributed by atoms with Crippen LogP contribution in [0.15, 0.2) is 5.16 Å². The Morgan fingerprint density at radius 3 is 2.21 bits per heavy atom. The molecule has 5 nitrogen and oxygen atoms in total. The van der Waals surface area contributed by atoms with Gasteiger partial charge in [-0.15, -0.1) is 0 Å². The van der Waals surface area contributed by atoms with Crippen LogP contribution in [-0.4, -0.2) is 40.1 Å². The molecule has 19 heavy (non-hydrogen) atoms. The second-order valence-electron chi connectivity index (χ2n) is 5.22. The summed E-state index contributed by atoms with van der Waals surface area (Å²) in [5.74, 6) is 0. The van der Waals surface area contributed by atoms with Gasteiger partial charge in [-0.05, 0) is 13.8 Å². The Kier molecular flexibility index (Phi) is 7.57. The van der Waals surface area contributed by atoms with Crippen molar-refractivity contribution in [2.45, 2.75) is 45.0 Å². The molecule has 0 aromatic heterocycles. The van der Waals surface area contributed by atoms with Crippen LogP contribution in [0.2, 0.25) is 0 Å². The van der Waals surface area contributed by atoms with E-state index in [1.807, 2.05) is 0 Å². The van der Waals surface area contributed by atoms with Gasteiger partial charge in [0.15, 0.2) is 5.17 Å². The lowest BCUT2D eigenvalue weighted by Crippen LogP contribution is -2.31. The average Bonchev–Trinajstić information content (AvgIpc) is 2.31. The molecule has 0 bridgehead atoms. The summed E-state index contributed by atoms with van der Waals surface area (Å²) in [5.41, 5.74) is -0.784. The zero-order valence-corrected chi connectivity index (χ0v) is 14.7. The van der Waals surface area contributed by atoms with Crippen molar-refractivity contribution >= 4 is 44.6 Å². The molecule has 0 heterocycles. The van der Waals surface area contributed by atoms with Crippen LogP contribution in [0.5, 0.6) is 0 Å². The zero-order chi connectivity index (χ0) is 15.3. The molecule has 0 radical (unpaired) electrons. The number of oxime groups is 1. The average molecular weight is 329 g/mol. The minimum absolute atomic E-state index is 0.0398. The highest BCUT2D eigenvalue weighted by Gasteiger charge is 2.25. The van der Waals surface area contributed by atoms with E-state index in [1.165, 1.54) is 22.4 Å². The summed E-state index contributed by atoms with van der Waals surface area (Å²) in [6.45, 7) is 9.61. The fourth-order valence-electron chi connectivity index (χ4n) is 0.529. The quantitative estimate of drug-likeness (QED) is 0.250. The van der Waals surface area contributed by atoms with Gasteiger partial charge in [0.25, 0.3) is 0 Å². The molecule has 0 saturated carbocycles. The maximum Gasteiger partial charge on any atom is 0.446 e. The van der Waals surface area contributed by atoms with Gasteiger partial charge in [-0.25, -0.2) is 9.10 Å². The number of halogens is 1. The number of hydrogen-bond acceptors (Lipinski definition) is 6. The van der Waals surface area contributed by atoms with Crippen molar-refractivity contribution in [2.75, 3.05) is 14.2 Å². The smallest absolute Gasteiger partial charge is 0.371 e. The van der Waals surface area contributed by atoms with Crippen molar-refractivity contribution in [3.8, 4) is 0 Å². The number of nitrogens with zero attached hydrogens (tertiary/aromatic N) is 2. The number of hydrogen-bond donors (Lipinski definition) is 0. The Morgan fingerprint density at radius 2 is 1.79 bits per heavy atom. The molecule has 0 aliphatic heterocycles. The second-order valence-corrected chi connectivity index (χ2v) is 8.61. The minimum atomic E-state index is -0.784. The third-order valence-corrected chi connectivity index (χ3v) is 5.73. The summed E-state index contributed by atoms with van der Waals surface area (Å²) in [7, 11) is 5.95. The molecule has 0 atom stereocenters. The Bertz CT molecular complexity index is 343. The van der Waals surface area contributed by atoms with Gasteiger partial charge in [0.1, 0.15) is 5.60 Å². The lowest BCUT2D eigenvalue weighted by Gasteiger charge is -2.21. The van der Waals surface area contributed by atoms with E-state index < -0.39 is 11.7 Å². The van der Waals surface area contributed by atoms with Crippen LogP contribution in [0.25, 0.3) is 0 Å². The van der Waals surface area contributed by atoms with Crippen molar-refractivity contribution in [2.24, 2.45) is 5.16 Å². The van der Waals surface area contributed by atoms with Crippen LogP contribution in [0, 0.1) is 0 Å². The highest BCUT2D eigenvalue weighted by atomic mass is 35.5. The number of carbonyl (C=O) groups is 1. The second kappa shape index (κ2) is 7.61. The van der Waals surface area contributed by atoms with Gasteiger partial charge in [0, 0.05) is 29.9 Å². The van der Waals surface area contributed by atoms with Gasteiger partial charge < -0.3 is 4.74 Å². The van der Waals surface area contributed by atoms with E-state index in [4.69, 9.17) is 21.2 Å². The highest BCUT2D eigenvalue weighted by molar-refractivity contribution is 8.76. The molecule has 0 aromatic rings. The van der Waals surface area contributed by atoms with Crippen LogP contribution in [0.1, 0.15) is 34.6 Å². The van der Waals surface area contributed by atoms with Crippen molar-refractivity contribution < 1.29 is 14.4 Å². The fraction of sp³-hybridized carbons (Fsp3) is 0.818. The predicted molar refractivity (Wildman–Crippen MR) is 83.6 cm³/mol. The lowest BCUT2D eigenvalue weighted by molar-refractivity contribution is 0.0796. The maximum absolute atomic E-state index is 11.6. The van der Waals surface area contributed by atoms with E-state index in [0.717, 1.165) is 0 Å². The molecule has 0 aliphatic carbocycles. The molecule has 0 saturated heterocycles. The van der Waals surface area contributed by atoms with Crippen LogP contribution in [0.3, 0.4) is 0 Å². The molecule has 0 spiro atoms. The Balaban J connectivity index is 4.35. The normalized spacial score (nSPS) is 13.4. The van der Waals surface area contributed by atoms with E-state index in [9.17, 15) is 4.79 Å². The molecule has 8 heteroatoms.